The number of anilines is 5. The summed E-state index contributed by atoms with van der Waals surface area (Å²) >= 11 is 0. The molecule has 3 aromatic heterocycles. The zero-order valence-electron chi connectivity index (χ0n) is 22.6. The highest BCUT2D eigenvalue weighted by Gasteiger charge is 2.21. The minimum Gasteiger partial charge on any atom is -0.369 e. The molecule has 38 heavy (non-hydrogen) atoms. The number of likely N-dealkylation sites (N-methyl/N-ethyl adjacent to an activating group) is 1. The van der Waals surface area contributed by atoms with Crippen LogP contribution in [0.1, 0.15) is 42.4 Å². The van der Waals surface area contributed by atoms with Crippen molar-refractivity contribution in [3.8, 4) is 0 Å². The van der Waals surface area contributed by atoms with E-state index in [-0.39, 0.29) is 11.3 Å². The third kappa shape index (κ3) is 6.48. The molecule has 1 amide bonds. The fourth-order valence-electron chi connectivity index (χ4n) is 3.74. The smallest absolute Gasteiger partial charge is 0.255 e. The average Bonchev–Trinajstić information content (AvgIpc) is 3.39. The summed E-state index contributed by atoms with van der Waals surface area (Å²) in [5.74, 6) is 1.49. The number of carbonyl (C=O) groups excluding carboxylic acids is 1. The molecular formula is C27H34N10O. The molecule has 3 heterocycles. The molecule has 3 N–H and O–H groups in total. The van der Waals surface area contributed by atoms with Crippen LogP contribution in [-0.2, 0) is 5.41 Å². The third-order valence-electron chi connectivity index (χ3n) is 5.86. The largest absolute Gasteiger partial charge is 0.369 e. The van der Waals surface area contributed by atoms with Gasteiger partial charge in [0.15, 0.2) is 0 Å². The molecule has 11 heteroatoms. The quantitative estimate of drug-likeness (QED) is 0.300. The number of hydrogen-bond donors (Lipinski definition) is 3. The first-order chi connectivity index (χ1) is 18.1. The first kappa shape index (κ1) is 26.7. The van der Waals surface area contributed by atoms with E-state index in [1.165, 1.54) is 12.7 Å². The molecule has 0 fully saturated rings. The van der Waals surface area contributed by atoms with E-state index in [1.807, 2.05) is 50.2 Å². The van der Waals surface area contributed by atoms with Crippen LogP contribution in [0.15, 0.2) is 55.2 Å². The molecule has 0 saturated carbocycles. The summed E-state index contributed by atoms with van der Waals surface area (Å²) in [7, 11) is 4.03. The van der Waals surface area contributed by atoms with Gasteiger partial charge in [-0.25, -0.2) is 15.1 Å². The fraction of sp³-hybridized carbons (Fsp3) is 0.333. The van der Waals surface area contributed by atoms with E-state index < -0.39 is 0 Å². The van der Waals surface area contributed by atoms with Crippen LogP contribution in [0.2, 0.25) is 0 Å². The van der Waals surface area contributed by atoms with E-state index in [0.29, 0.717) is 28.8 Å². The van der Waals surface area contributed by atoms with Gasteiger partial charge in [-0.1, -0.05) is 26.8 Å². The van der Waals surface area contributed by atoms with Crippen LogP contribution in [0.4, 0.5) is 29.0 Å². The van der Waals surface area contributed by atoms with E-state index in [9.17, 15) is 4.79 Å². The van der Waals surface area contributed by atoms with Gasteiger partial charge in [0, 0.05) is 47.7 Å². The first-order valence-corrected chi connectivity index (χ1v) is 12.4. The molecule has 0 aliphatic heterocycles. The van der Waals surface area contributed by atoms with Gasteiger partial charge in [0.2, 0.25) is 5.95 Å². The van der Waals surface area contributed by atoms with E-state index >= 15 is 0 Å². The number of aromatic nitrogens is 6. The van der Waals surface area contributed by atoms with Crippen molar-refractivity contribution in [3.05, 3.63) is 72.1 Å². The lowest BCUT2D eigenvalue weighted by molar-refractivity contribution is 0.102. The lowest BCUT2D eigenvalue weighted by Gasteiger charge is -2.23. The third-order valence-corrected chi connectivity index (χ3v) is 5.86. The zero-order chi connectivity index (χ0) is 27.3. The molecule has 0 bridgehead atoms. The van der Waals surface area contributed by atoms with Gasteiger partial charge < -0.3 is 15.5 Å². The van der Waals surface area contributed by atoms with Crippen LogP contribution in [0.25, 0.3) is 0 Å². The molecule has 0 radical (unpaired) electrons. The number of benzene rings is 1. The van der Waals surface area contributed by atoms with Crippen molar-refractivity contribution in [1.82, 2.24) is 35.0 Å². The van der Waals surface area contributed by atoms with Gasteiger partial charge in [0.1, 0.15) is 24.3 Å². The maximum atomic E-state index is 13.3. The summed E-state index contributed by atoms with van der Waals surface area (Å²) in [5.41, 5.74) is 3.61. The first-order valence-electron chi connectivity index (χ1n) is 12.4. The molecule has 4 rings (SSSR count). The zero-order valence-corrected chi connectivity index (χ0v) is 22.6. The highest BCUT2D eigenvalue weighted by molar-refractivity contribution is 6.05. The van der Waals surface area contributed by atoms with Crippen LogP contribution in [0, 0.1) is 6.92 Å². The number of pyridine rings is 1. The maximum absolute atomic E-state index is 13.3. The van der Waals surface area contributed by atoms with Gasteiger partial charge >= 0.3 is 0 Å². The number of H-pyrrole nitrogens is 1. The second-order valence-corrected chi connectivity index (χ2v) is 10.3. The van der Waals surface area contributed by atoms with Gasteiger partial charge in [-0.05, 0) is 50.8 Å². The Bertz CT molecular complexity index is 1380. The number of aryl methyl sites for hydroxylation is 1. The second-order valence-electron chi connectivity index (χ2n) is 10.3. The highest BCUT2D eigenvalue weighted by atomic mass is 16.1. The Morgan fingerprint density at radius 2 is 1.82 bits per heavy atom. The van der Waals surface area contributed by atoms with E-state index in [0.717, 1.165) is 30.0 Å². The fourth-order valence-corrected chi connectivity index (χ4v) is 3.74. The molecule has 0 unspecified atom stereocenters. The summed E-state index contributed by atoms with van der Waals surface area (Å²) in [5, 5.41) is 13.3. The number of aromatic amines is 1. The topological polar surface area (TPSA) is 128 Å². The standard InChI is InChI=1S/C27H34N10O/c1-18-7-8-19(25(38)34-20-9-10-28-22(14-20)27(2,3)4)13-21(18)37(26-32-17-33-35-26)24-15-23(30-16-31-24)29-11-12-36(5)6/h7-10,13-17H,11-12H2,1-6H3,(H,28,34,38)(H,29,30,31)(H,32,33,35). The van der Waals surface area contributed by atoms with Crippen LogP contribution in [0.5, 0.6) is 0 Å². The van der Waals surface area contributed by atoms with Crippen molar-refractivity contribution in [3.63, 3.8) is 0 Å². The van der Waals surface area contributed by atoms with Crippen molar-refractivity contribution in [2.45, 2.75) is 33.1 Å². The van der Waals surface area contributed by atoms with Crippen LogP contribution >= 0.6 is 0 Å². The normalized spacial score (nSPS) is 11.4. The summed E-state index contributed by atoms with van der Waals surface area (Å²) < 4.78 is 0. The summed E-state index contributed by atoms with van der Waals surface area (Å²) in [6.07, 6.45) is 4.64. The predicted octanol–water partition coefficient (Wildman–Crippen LogP) is 4.29. The highest BCUT2D eigenvalue weighted by Crippen LogP contribution is 2.34. The Labute approximate surface area is 222 Å². The number of rotatable bonds is 9. The summed E-state index contributed by atoms with van der Waals surface area (Å²) in [4.78, 5) is 34.9. The lowest BCUT2D eigenvalue weighted by Crippen LogP contribution is -2.21. The van der Waals surface area contributed by atoms with Gasteiger partial charge in [0.25, 0.3) is 5.91 Å². The van der Waals surface area contributed by atoms with Crippen molar-refractivity contribution in [2.24, 2.45) is 0 Å². The molecule has 198 valence electrons. The molecule has 4 aromatic rings. The number of nitrogens with one attached hydrogen (secondary N) is 3. The predicted molar refractivity (Wildman–Crippen MR) is 149 cm³/mol. The Balaban J connectivity index is 1.66. The Hall–Kier alpha value is -4.38. The van der Waals surface area contributed by atoms with Gasteiger partial charge in [-0.3, -0.25) is 14.7 Å². The van der Waals surface area contributed by atoms with Crippen molar-refractivity contribution < 1.29 is 4.79 Å². The van der Waals surface area contributed by atoms with Crippen molar-refractivity contribution in [1.29, 1.82) is 0 Å². The van der Waals surface area contributed by atoms with E-state index in [4.69, 9.17) is 0 Å². The van der Waals surface area contributed by atoms with Gasteiger partial charge in [-0.15, -0.1) is 0 Å². The molecule has 11 nitrogen and oxygen atoms in total. The number of carbonyl (C=O) groups is 1. The molecule has 0 spiro atoms. The van der Waals surface area contributed by atoms with E-state index in [2.05, 4.69) is 66.4 Å². The van der Waals surface area contributed by atoms with E-state index in [1.54, 1.807) is 18.3 Å². The molecule has 0 aliphatic rings. The van der Waals surface area contributed by atoms with Crippen molar-refractivity contribution >= 4 is 34.9 Å². The molecule has 0 aliphatic carbocycles. The monoisotopic (exact) mass is 514 g/mol. The molecule has 0 saturated heterocycles. The average molecular weight is 515 g/mol. The summed E-state index contributed by atoms with van der Waals surface area (Å²) in [6.45, 7) is 9.81. The minimum absolute atomic E-state index is 0.132. The molecular weight excluding hydrogens is 480 g/mol. The Morgan fingerprint density at radius 3 is 2.53 bits per heavy atom. The van der Waals surface area contributed by atoms with Crippen LogP contribution in [-0.4, -0.2) is 68.1 Å². The second kappa shape index (κ2) is 11.3. The minimum atomic E-state index is -0.233. The van der Waals surface area contributed by atoms with Gasteiger partial charge in [-0.2, -0.15) is 10.1 Å². The number of amides is 1. The molecule has 0 atom stereocenters. The van der Waals surface area contributed by atoms with Gasteiger partial charge in [0.05, 0.1) is 5.69 Å². The van der Waals surface area contributed by atoms with Crippen LogP contribution in [0.3, 0.4) is 0 Å². The summed E-state index contributed by atoms with van der Waals surface area (Å²) in [6, 6.07) is 11.1. The SMILES string of the molecule is Cc1ccc(C(=O)Nc2ccnc(C(C)(C)C)c2)cc1N(c1cc(NCCN(C)C)ncn1)c1ncn[nH]1. The lowest BCUT2D eigenvalue weighted by atomic mass is 9.91. The van der Waals surface area contributed by atoms with Crippen molar-refractivity contribution in [2.75, 3.05) is 42.7 Å². The Kier molecular flexibility index (Phi) is 7.96. The van der Waals surface area contributed by atoms with Crippen LogP contribution < -0.4 is 15.5 Å². The molecule has 1 aromatic carbocycles. The number of nitrogens with zero attached hydrogens (tertiary/aromatic N) is 7. The Morgan fingerprint density at radius 1 is 1.00 bits per heavy atom. The number of hydrogen-bond acceptors (Lipinski definition) is 9. The maximum Gasteiger partial charge on any atom is 0.255 e.